The highest BCUT2D eigenvalue weighted by molar-refractivity contribution is 5.93. The number of nitrogens with one attached hydrogen (secondary N) is 1. The van der Waals surface area contributed by atoms with Gasteiger partial charge in [-0.25, -0.2) is 0 Å². The molecule has 1 N–H and O–H groups in total. The lowest BCUT2D eigenvalue weighted by molar-refractivity contribution is -0.384. The summed E-state index contributed by atoms with van der Waals surface area (Å²) in [6.07, 6.45) is -0.0328. The summed E-state index contributed by atoms with van der Waals surface area (Å²) in [7, 11) is 1.51. The molecule has 0 aromatic heterocycles. The van der Waals surface area contributed by atoms with Crippen molar-refractivity contribution in [3.05, 3.63) is 63.7 Å². The lowest BCUT2D eigenvalue weighted by atomic mass is 10.1. The summed E-state index contributed by atoms with van der Waals surface area (Å²) < 4.78 is 10.2. The number of ether oxygens (including phenoxy) is 2. The zero-order valence-electron chi connectivity index (χ0n) is 14.4. The molecule has 2 aromatic carbocycles. The van der Waals surface area contributed by atoms with Gasteiger partial charge in [0.2, 0.25) is 0 Å². The molecule has 0 bridgehead atoms. The minimum Gasteiger partial charge on any atom is -0.496 e. The SMILES string of the molecule is COc1ccc(C)cc1CC(=O)OCC(=O)Nc1cccc([N+](=O)[O-])c1. The van der Waals surface area contributed by atoms with Gasteiger partial charge in [0, 0.05) is 23.4 Å². The van der Waals surface area contributed by atoms with Crippen LogP contribution >= 0.6 is 0 Å². The quantitative estimate of drug-likeness (QED) is 0.463. The maximum atomic E-state index is 11.9. The fraction of sp³-hybridized carbons (Fsp3) is 0.222. The van der Waals surface area contributed by atoms with Crippen LogP contribution in [0.5, 0.6) is 5.75 Å². The summed E-state index contributed by atoms with van der Waals surface area (Å²) in [6, 6.07) is 10.9. The number of carbonyl (C=O) groups is 2. The maximum absolute atomic E-state index is 11.9. The Morgan fingerprint density at radius 3 is 2.65 bits per heavy atom. The third kappa shape index (κ3) is 5.30. The fourth-order valence-electron chi connectivity index (χ4n) is 2.29. The standard InChI is InChI=1S/C18H18N2O6/c1-12-6-7-16(25-2)13(8-12)9-18(22)26-11-17(21)19-14-4-3-5-15(10-14)20(23)24/h3-8,10H,9,11H2,1-2H3,(H,19,21). The highest BCUT2D eigenvalue weighted by Crippen LogP contribution is 2.20. The molecule has 0 aliphatic heterocycles. The number of carbonyl (C=O) groups excluding carboxylic acids is 2. The van der Waals surface area contributed by atoms with Crippen LogP contribution in [0.25, 0.3) is 0 Å². The monoisotopic (exact) mass is 358 g/mol. The van der Waals surface area contributed by atoms with Gasteiger partial charge in [0.05, 0.1) is 18.5 Å². The Labute approximate surface area is 149 Å². The fourth-order valence-corrected chi connectivity index (χ4v) is 2.29. The Morgan fingerprint density at radius 1 is 1.19 bits per heavy atom. The molecule has 26 heavy (non-hydrogen) atoms. The molecule has 8 heteroatoms. The molecule has 0 unspecified atom stereocenters. The van der Waals surface area contributed by atoms with Crippen LogP contribution in [-0.2, 0) is 20.7 Å². The first-order valence-corrected chi connectivity index (χ1v) is 7.72. The Balaban J connectivity index is 1.89. The van der Waals surface area contributed by atoms with E-state index in [0.29, 0.717) is 11.3 Å². The van der Waals surface area contributed by atoms with Crippen LogP contribution in [0.2, 0.25) is 0 Å². The molecule has 0 spiro atoms. The Kier molecular flexibility index (Phi) is 6.26. The number of rotatable bonds is 7. The maximum Gasteiger partial charge on any atom is 0.310 e. The molecule has 2 rings (SSSR count). The first-order chi connectivity index (χ1) is 12.4. The number of nitro benzene ring substituents is 1. The van der Waals surface area contributed by atoms with Crippen LogP contribution in [0.4, 0.5) is 11.4 Å². The Morgan fingerprint density at radius 2 is 1.96 bits per heavy atom. The van der Waals surface area contributed by atoms with Gasteiger partial charge in [0.15, 0.2) is 6.61 Å². The number of non-ortho nitro benzene ring substituents is 1. The number of benzene rings is 2. The largest absolute Gasteiger partial charge is 0.496 e. The summed E-state index contributed by atoms with van der Waals surface area (Å²) in [5.41, 5.74) is 1.74. The molecular weight excluding hydrogens is 340 g/mol. The summed E-state index contributed by atoms with van der Waals surface area (Å²) in [5.74, 6) is -0.605. The van der Waals surface area contributed by atoms with Crippen molar-refractivity contribution in [1.82, 2.24) is 0 Å². The van der Waals surface area contributed by atoms with Gasteiger partial charge in [0.25, 0.3) is 11.6 Å². The first kappa shape index (κ1) is 18.9. The van der Waals surface area contributed by atoms with Crippen LogP contribution < -0.4 is 10.1 Å². The van der Waals surface area contributed by atoms with Gasteiger partial charge in [-0.2, -0.15) is 0 Å². The number of hydrogen-bond acceptors (Lipinski definition) is 6. The van der Waals surface area contributed by atoms with E-state index in [1.54, 1.807) is 6.07 Å². The molecule has 0 saturated heterocycles. The van der Waals surface area contributed by atoms with Gasteiger partial charge in [-0.1, -0.05) is 23.8 Å². The van der Waals surface area contributed by atoms with E-state index in [0.717, 1.165) is 5.56 Å². The van der Waals surface area contributed by atoms with Crippen molar-refractivity contribution >= 4 is 23.3 Å². The van der Waals surface area contributed by atoms with Crippen molar-refractivity contribution in [3.8, 4) is 5.75 Å². The van der Waals surface area contributed by atoms with Crippen LogP contribution in [-0.4, -0.2) is 30.5 Å². The zero-order chi connectivity index (χ0) is 19.1. The van der Waals surface area contributed by atoms with Crippen molar-refractivity contribution in [2.45, 2.75) is 13.3 Å². The van der Waals surface area contributed by atoms with Crippen molar-refractivity contribution in [2.75, 3.05) is 19.0 Å². The molecule has 0 heterocycles. The van der Waals surface area contributed by atoms with Gasteiger partial charge in [-0.15, -0.1) is 0 Å². The lowest BCUT2D eigenvalue weighted by Crippen LogP contribution is -2.21. The molecule has 8 nitrogen and oxygen atoms in total. The van der Waals surface area contributed by atoms with Crippen molar-refractivity contribution in [2.24, 2.45) is 0 Å². The number of hydrogen-bond donors (Lipinski definition) is 1. The average Bonchev–Trinajstić information content (AvgIpc) is 2.60. The van der Waals surface area contributed by atoms with E-state index in [4.69, 9.17) is 9.47 Å². The van der Waals surface area contributed by atoms with E-state index in [2.05, 4.69) is 5.32 Å². The second-order valence-corrected chi connectivity index (χ2v) is 5.51. The van der Waals surface area contributed by atoms with E-state index >= 15 is 0 Å². The zero-order valence-corrected chi connectivity index (χ0v) is 14.4. The van der Waals surface area contributed by atoms with E-state index in [1.807, 2.05) is 19.1 Å². The second-order valence-electron chi connectivity index (χ2n) is 5.51. The molecule has 0 fully saturated rings. The molecule has 0 saturated carbocycles. The molecule has 0 radical (unpaired) electrons. The number of nitro groups is 1. The smallest absolute Gasteiger partial charge is 0.310 e. The van der Waals surface area contributed by atoms with Crippen molar-refractivity contribution in [3.63, 3.8) is 0 Å². The number of aryl methyl sites for hydroxylation is 1. The lowest BCUT2D eigenvalue weighted by Gasteiger charge is -2.10. The van der Waals surface area contributed by atoms with Crippen LogP contribution in [0, 0.1) is 17.0 Å². The minimum atomic E-state index is -0.588. The van der Waals surface area contributed by atoms with E-state index in [9.17, 15) is 19.7 Å². The van der Waals surface area contributed by atoms with Crippen LogP contribution in [0.1, 0.15) is 11.1 Å². The summed E-state index contributed by atoms with van der Waals surface area (Å²) in [4.78, 5) is 33.9. The number of amides is 1. The van der Waals surface area contributed by atoms with E-state index in [-0.39, 0.29) is 17.8 Å². The number of nitrogens with zero attached hydrogens (tertiary/aromatic N) is 1. The van der Waals surface area contributed by atoms with Crippen molar-refractivity contribution in [1.29, 1.82) is 0 Å². The predicted molar refractivity (Wildman–Crippen MR) is 94.1 cm³/mol. The normalized spacial score (nSPS) is 10.1. The Bertz CT molecular complexity index is 834. The molecule has 136 valence electrons. The Hall–Kier alpha value is -3.42. The van der Waals surface area contributed by atoms with E-state index in [1.165, 1.54) is 31.4 Å². The summed E-state index contributed by atoms with van der Waals surface area (Å²) >= 11 is 0. The summed E-state index contributed by atoms with van der Waals surface area (Å²) in [5, 5.41) is 13.2. The molecule has 0 atom stereocenters. The van der Waals surface area contributed by atoms with Gasteiger partial charge in [0.1, 0.15) is 5.75 Å². The topological polar surface area (TPSA) is 108 Å². The van der Waals surface area contributed by atoms with Gasteiger partial charge in [-0.05, 0) is 19.1 Å². The van der Waals surface area contributed by atoms with Gasteiger partial charge >= 0.3 is 5.97 Å². The molecular formula is C18H18N2O6. The predicted octanol–water partition coefficient (Wildman–Crippen LogP) is 2.64. The average molecular weight is 358 g/mol. The molecule has 2 aromatic rings. The highest BCUT2D eigenvalue weighted by atomic mass is 16.6. The van der Waals surface area contributed by atoms with Gasteiger partial charge < -0.3 is 14.8 Å². The second kappa shape index (κ2) is 8.61. The first-order valence-electron chi connectivity index (χ1n) is 7.72. The number of esters is 1. The highest BCUT2D eigenvalue weighted by Gasteiger charge is 2.13. The third-order valence-corrected chi connectivity index (χ3v) is 3.48. The minimum absolute atomic E-state index is 0.0328. The van der Waals surface area contributed by atoms with Gasteiger partial charge in [-0.3, -0.25) is 19.7 Å². The summed E-state index contributed by atoms with van der Waals surface area (Å²) in [6.45, 7) is 1.40. The van der Waals surface area contributed by atoms with Crippen LogP contribution in [0.15, 0.2) is 42.5 Å². The molecule has 1 amide bonds. The van der Waals surface area contributed by atoms with Crippen LogP contribution in [0.3, 0.4) is 0 Å². The third-order valence-electron chi connectivity index (χ3n) is 3.48. The number of anilines is 1. The van der Waals surface area contributed by atoms with E-state index < -0.39 is 23.4 Å². The number of methoxy groups -OCH3 is 1. The molecule has 0 aliphatic carbocycles. The molecule has 0 aliphatic rings. The van der Waals surface area contributed by atoms with Crippen molar-refractivity contribution < 1.29 is 24.0 Å².